The molecule has 0 heterocycles. The molecule has 0 aliphatic carbocycles. The zero-order valence-electron chi connectivity index (χ0n) is 6.02. The molecule has 6 nitrogen and oxygen atoms in total. The SMILES string of the molecule is [O-]OOCCOCCOCO. The van der Waals surface area contributed by atoms with Gasteiger partial charge in [-0.3, -0.25) is 5.04 Å². The molecule has 0 aromatic heterocycles. The van der Waals surface area contributed by atoms with Gasteiger partial charge in [-0.1, -0.05) is 0 Å². The molecule has 6 heteroatoms. The molecule has 0 rings (SSSR count). The van der Waals surface area contributed by atoms with Crippen LogP contribution in [0.25, 0.3) is 0 Å². The summed E-state index contributed by atoms with van der Waals surface area (Å²) >= 11 is 0. The topological polar surface area (TPSA) is 80.2 Å². The molecule has 0 aliphatic rings. The highest BCUT2D eigenvalue weighted by Crippen LogP contribution is 1.78. The van der Waals surface area contributed by atoms with Gasteiger partial charge in [0.25, 0.3) is 0 Å². The van der Waals surface area contributed by atoms with Crippen molar-refractivity contribution in [2.24, 2.45) is 0 Å². The van der Waals surface area contributed by atoms with Crippen LogP contribution in [-0.4, -0.2) is 38.3 Å². The van der Waals surface area contributed by atoms with Crippen molar-refractivity contribution in [3.8, 4) is 0 Å². The first-order valence-corrected chi connectivity index (χ1v) is 3.09. The van der Waals surface area contributed by atoms with E-state index in [-0.39, 0.29) is 20.0 Å². The molecular weight excluding hydrogens is 156 g/mol. The van der Waals surface area contributed by atoms with Gasteiger partial charge in [-0.2, -0.15) is 0 Å². The molecular formula is C5H11O6-. The maximum absolute atomic E-state index is 9.23. The minimum atomic E-state index is -0.316. The largest absolute Gasteiger partial charge is 0.692 e. The minimum Gasteiger partial charge on any atom is -0.692 e. The van der Waals surface area contributed by atoms with Crippen molar-refractivity contribution in [3.63, 3.8) is 0 Å². The minimum absolute atomic E-state index is 0.0859. The van der Waals surface area contributed by atoms with Crippen LogP contribution >= 0.6 is 0 Å². The van der Waals surface area contributed by atoms with E-state index in [9.17, 15) is 5.26 Å². The Morgan fingerprint density at radius 3 is 2.27 bits per heavy atom. The first kappa shape index (κ1) is 10.8. The monoisotopic (exact) mass is 167 g/mol. The number of aliphatic hydroxyl groups excluding tert-OH is 1. The maximum Gasteiger partial charge on any atom is 0.143 e. The van der Waals surface area contributed by atoms with Crippen LogP contribution < -0.4 is 5.26 Å². The lowest BCUT2D eigenvalue weighted by molar-refractivity contribution is -0.800. The average molecular weight is 167 g/mol. The molecule has 0 spiro atoms. The number of rotatable bonds is 8. The first-order chi connectivity index (χ1) is 5.41. The Morgan fingerprint density at radius 1 is 1.00 bits per heavy atom. The zero-order chi connectivity index (χ0) is 8.36. The summed E-state index contributed by atoms with van der Waals surface area (Å²) in [6.07, 6.45) is 0. The molecule has 0 saturated carbocycles. The second-order valence-electron chi connectivity index (χ2n) is 1.54. The average Bonchev–Trinajstić information content (AvgIpc) is 2.03. The van der Waals surface area contributed by atoms with Gasteiger partial charge in [0.05, 0.1) is 19.8 Å². The Bertz CT molecular complexity index is 60.0. The molecule has 0 fully saturated rings. The van der Waals surface area contributed by atoms with Gasteiger partial charge >= 0.3 is 0 Å². The summed E-state index contributed by atoms with van der Waals surface area (Å²) in [5.74, 6) is 0. The van der Waals surface area contributed by atoms with E-state index in [1.165, 1.54) is 0 Å². The smallest absolute Gasteiger partial charge is 0.143 e. The highest BCUT2D eigenvalue weighted by Gasteiger charge is 1.87. The van der Waals surface area contributed by atoms with Crippen molar-refractivity contribution >= 4 is 0 Å². The molecule has 0 aliphatic heterocycles. The lowest BCUT2D eigenvalue weighted by Gasteiger charge is -2.06. The summed E-state index contributed by atoms with van der Waals surface area (Å²) < 4.78 is 9.39. The first-order valence-electron chi connectivity index (χ1n) is 3.09. The van der Waals surface area contributed by atoms with E-state index in [2.05, 4.69) is 14.7 Å². The third kappa shape index (κ3) is 9.76. The molecule has 0 saturated heterocycles. The predicted molar refractivity (Wildman–Crippen MR) is 30.9 cm³/mol. The summed E-state index contributed by atoms with van der Waals surface area (Å²) in [6, 6.07) is 0. The molecule has 0 amide bonds. The Kier molecular flexibility index (Phi) is 9.55. The van der Waals surface area contributed by atoms with Gasteiger partial charge in [-0.25, -0.2) is 4.89 Å². The lowest BCUT2D eigenvalue weighted by Crippen LogP contribution is -2.13. The highest BCUT2D eigenvalue weighted by atomic mass is 17.5. The van der Waals surface area contributed by atoms with Gasteiger partial charge in [-0.05, 0) is 0 Å². The Balaban J connectivity index is 2.69. The molecule has 1 N–H and O–H groups in total. The zero-order valence-corrected chi connectivity index (χ0v) is 6.02. The van der Waals surface area contributed by atoms with Gasteiger partial charge < -0.3 is 19.8 Å². The summed E-state index contributed by atoms with van der Waals surface area (Å²) in [5, 5.41) is 20.4. The predicted octanol–water partition coefficient (Wildman–Crippen LogP) is -1.81. The van der Waals surface area contributed by atoms with E-state index >= 15 is 0 Å². The summed E-state index contributed by atoms with van der Waals surface area (Å²) in [6.45, 7) is 0.695. The molecule has 0 bridgehead atoms. The van der Waals surface area contributed by atoms with Gasteiger partial charge in [0, 0.05) is 0 Å². The fraction of sp³-hybridized carbons (Fsp3) is 1.00. The standard InChI is InChI=1S/C5H12O6/c6-5-9-2-1-8-3-4-10-11-7/h6-7H,1-5H2/p-1. The van der Waals surface area contributed by atoms with Crippen molar-refractivity contribution in [2.45, 2.75) is 0 Å². The summed E-state index contributed by atoms with van der Waals surface area (Å²) in [5.41, 5.74) is 0. The fourth-order valence-corrected chi connectivity index (χ4v) is 0.411. The second-order valence-corrected chi connectivity index (χ2v) is 1.54. The van der Waals surface area contributed by atoms with E-state index in [0.717, 1.165) is 0 Å². The Hall–Kier alpha value is -0.240. The highest BCUT2D eigenvalue weighted by molar-refractivity contribution is 4.27. The van der Waals surface area contributed by atoms with Crippen molar-refractivity contribution in [3.05, 3.63) is 0 Å². The number of hydrogen-bond donors (Lipinski definition) is 1. The van der Waals surface area contributed by atoms with Gasteiger partial charge in [0.15, 0.2) is 0 Å². The summed E-state index contributed by atoms with van der Waals surface area (Å²) in [7, 11) is 0. The van der Waals surface area contributed by atoms with E-state index in [1.54, 1.807) is 0 Å². The number of hydrogen-bond acceptors (Lipinski definition) is 6. The third-order valence-electron chi connectivity index (χ3n) is 0.822. The van der Waals surface area contributed by atoms with Gasteiger partial charge in [0.1, 0.15) is 13.4 Å². The van der Waals surface area contributed by atoms with Crippen LogP contribution in [-0.2, 0) is 19.4 Å². The lowest BCUT2D eigenvalue weighted by atomic mass is 10.7. The second kappa shape index (κ2) is 9.76. The maximum atomic E-state index is 9.23. The molecule has 0 unspecified atom stereocenters. The van der Waals surface area contributed by atoms with Crippen LogP contribution in [0.2, 0.25) is 0 Å². The molecule has 0 atom stereocenters. The Labute approximate surface area is 64.1 Å². The molecule has 0 aromatic carbocycles. The van der Waals surface area contributed by atoms with Crippen LogP contribution in [0, 0.1) is 0 Å². The molecule has 11 heavy (non-hydrogen) atoms. The molecule has 0 aromatic rings. The van der Waals surface area contributed by atoms with Crippen molar-refractivity contribution in [2.75, 3.05) is 33.2 Å². The van der Waals surface area contributed by atoms with Crippen LogP contribution in [0.15, 0.2) is 0 Å². The van der Waals surface area contributed by atoms with E-state index in [0.29, 0.717) is 13.2 Å². The van der Waals surface area contributed by atoms with Crippen LogP contribution in [0.1, 0.15) is 0 Å². The molecule has 68 valence electrons. The van der Waals surface area contributed by atoms with Gasteiger partial charge in [0.2, 0.25) is 0 Å². The number of ether oxygens (including phenoxy) is 2. The van der Waals surface area contributed by atoms with Crippen LogP contribution in [0.5, 0.6) is 0 Å². The third-order valence-corrected chi connectivity index (χ3v) is 0.822. The molecule has 0 radical (unpaired) electrons. The van der Waals surface area contributed by atoms with Gasteiger partial charge in [-0.15, -0.1) is 0 Å². The van der Waals surface area contributed by atoms with Crippen LogP contribution in [0.4, 0.5) is 0 Å². The van der Waals surface area contributed by atoms with Crippen molar-refractivity contribution < 1.29 is 29.8 Å². The van der Waals surface area contributed by atoms with E-state index in [4.69, 9.17) is 9.84 Å². The van der Waals surface area contributed by atoms with Crippen molar-refractivity contribution in [1.29, 1.82) is 0 Å². The summed E-state index contributed by atoms with van der Waals surface area (Å²) in [4.78, 5) is 3.97. The fourth-order valence-electron chi connectivity index (χ4n) is 0.411. The van der Waals surface area contributed by atoms with E-state index in [1.807, 2.05) is 0 Å². The Morgan fingerprint density at radius 2 is 1.64 bits per heavy atom. The van der Waals surface area contributed by atoms with Crippen LogP contribution in [0.3, 0.4) is 0 Å². The normalized spacial score (nSPS) is 10.4. The van der Waals surface area contributed by atoms with Crippen molar-refractivity contribution in [1.82, 2.24) is 0 Å². The quantitative estimate of drug-likeness (QED) is 0.199. The van der Waals surface area contributed by atoms with E-state index < -0.39 is 0 Å². The number of aliphatic hydroxyl groups is 1.